The van der Waals surface area contributed by atoms with E-state index in [1.807, 2.05) is 11.8 Å². The summed E-state index contributed by atoms with van der Waals surface area (Å²) in [5.41, 5.74) is 0. The summed E-state index contributed by atoms with van der Waals surface area (Å²) in [4.78, 5) is 14.0. The summed E-state index contributed by atoms with van der Waals surface area (Å²) in [5, 5.41) is 8.51. The molecule has 0 aliphatic carbocycles. The number of amides is 1. The summed E-state index contributed by atoms with van der Waals surface area (Å²) < 4.78 is 7.42. The van der Waals surface area contributed by atoms with Crippen LogP contribution in [-0.4, -0.2) is 45.3 Å². The quantitative estimate of drug-likeness (QED) is 0.771. The zero-order valence-corrected chi connectivity index (χ0v) is 12.8. The number of rotatable bonds is 5. The fourth-order valence-corrected chi connectivity index (χ4v) is 2.61. The van der Waals surface area contributed by atoms with Gasteiger partial charge in [-0.3, -0.25) is 4.79 Å². The Kier molecular flexibility index (Phi) is 4.75. The van der Waals surface area contributed by atoms with E-state index in [-0.39, 0.29) is 11.9 Å². The van der Waals surface area contributed by atoms with Gasteiger partial charge in [0.15, 0.2) is 5.82 Å². The van der Waals surface area contributed by atoms with Gasteiger partial charge >= 0.3 is 0 Å². The summed E-state index contributed by atoms with van der Waals surface area (Å²) >= 11 is 0. The molecule has 1 aromatic heterocycles. The molecule has 2 heterocycles. The van der Waals surface area contributed by atoms with Gasteiger partial charge in [-0.15, -0.1) is 10.2 Å². The van der Waals surface area contributed by atoms with Crippen LogP contribution >= 0.6 is 0 Å². The number of carbonyl (C=O) groups is 1. The maximum atomic E-state index is 12.2. The molecule has 112 valence electrons. The van der Waals surface area contributed by atoms with Crippen molar-refractivity contribution in [2.45, 2.75) is 52.6 Å². The third-order valence-corrected chi connectivity index (χ3v) is 3.58. The fraction of sp³-hybridized carbons (Fsp3) is 0.786. The number of aromatic nitrogens is 3. The molecule has 0 fully saturated rings. The molecule has 0 radical (unpaired) electrons. The summed E-state index contributed by atoms with van der Waals surface area (Å²) in [6.07, 6.45) is 0.436. The molecule has 0 spiro atoms. The van der Waals surface area contributed by atoms with Crippen LogP contribution in [0.5, 0.6) is 0 Å². The lowest BCUT2D eigenvalue weighted by atomic mass is 10.1. The standard InChI is InChI=1S/C14H24N4O2/c1-5-20-7-6-13(19)17-8-11(4)18-12(9-17)15-16-14(18)10(2)3/h10-11H,5-9H2,1-4H3/t11-/m0/s1. The number of hydrogen-bond acceptors (Lipinski definition) is 4. The van der Waals surface area contributed by atoms with Crippen LogP contribution in [-0.2, 0) is 16.1 Å². The zero-order chi connectivity index (χ0) is 14.7. The van der Waals surface area contributed by atoms with Crippen molar-refractivity contribution in [1.29, 1.82) is 0 Å². The van der Waals surface area contributed by atoms with Gasteiger partial charge < -0.3 is 14.2 Å². The molecule has 6 heteroatoms. The molecule has 0 bridgehead atoms. The minimum Gasteiger partial charge on any atom is -0.381 e. The third kappa shape index (κ3) is 3.00. The Morgan fingerprint density at radius 2 is 2.20 bits per heavy atom. The first-order valence-corrected chi connectivity index (χ1v) is 7.33. The lowest BCUT2D eigenvalue weighted by Crippen LogP contribution is -2.41. The van der Waals surface area contributed by atoms with Crippen LogP contribution in [0.3, 0.4) is 0 Å². The second kappa shape index (κ2) is 6.35. The number of fused-ring (bicyclic) bond motifs is 1. The van der Waals surface area contributed by atoms with Gasteiger partial charge in [0.05, 0.1) is 25.6 Å². The van der Waals surface area contributed by atoms with Gasteiger partial charge in [0.1, 0.15) is 5.82 Å². The topological polar surface area (TPSA) is 60.2 Å². The average Bonchev–Trinajstić information content (AvgIpc) is 2.83. The summed E-state index contributed by atoms with van der Waals surface area (Å²) in [6.45, 7) is 10.7. The smallest absolute Gasteiger partial charge is 0.225 e. The molecule has 0 N–H and O–H groups in total. The van der Waals surface area contributed by atoms with E-state index in [0.29, 0.717) is 32.1 Å². The monoisotopic (exact) mass is 280 g/mol. The Hall–Kier alpha value is -1.43. The lowest BCUT2D eigenvalue weighted by molar-refractivity contribution is -0.134. The molecule has 2 rings (SSSR count). The zero-order valence-electron chi connectivity index (χ0n) is 12.8. The van der Waals surface area contributed by atoms with Gasteiger partial charge in [-0.1, -0.05) is 13.8 Å². The summed E-state index contributed by atoms with van der Waals surface area (Å²) in [5.74, 6) is 2.37. The van der Waals surface area contributed by atoms with Gasteiger partial charge in [0.25, 0.3) is 0 Å². The molecule has 1 aliphatic rings. The highest BCUT2D eigenvalue weighted by Crippen LogP contribution is 2.25. The minimum absolute atomic E-state index is 0.130. The molecule has 6 nitrogen and oxygen atoms in total. The largest absolute Gasteiger partial charge is 0.381 e. The van der Waals surface area contributed by atoms with Crippen molar-refractivity contribution >= 4 is 5.91 Å². The van der Waals surface area contributed by atoms with Crippen LogP contribution in [0, 0.1) is 0 Å². The van der Waals surface area contributed by atoms with E-state index in [0.717, 1.165) is 18.2 Å². The molecule has 0 saturated carbocycles. The maximum absolute atomic E-state index is 12.2. The molecule has 20 heavy (non-hydrogen) atoms. The molecule has 1 aliphatic heterocycles. The summed E-state index contributed by atoms with van der Waals surface area (Å²) in [6, 6.07) is 0.224. The normalized spacial score (nSPS) is 18.4. The second-order valence-electron chi connectivity index (χ2n) is 5.57. The molecule has 1 aromatic rings. The highest BCUT2D eigenvalue weighted by molar-refractivity contribution is 5.76. The molecular formula is C14H24N4O2. The van der Waals surface area contributed by atoms with Crippen molar-refractivity contribution in [3.8, 4) is 0 Å². The first kappa shape index (κ1) is 15.0. The predicted octanol–water partition coefficient (Wildman–Crippen LogP) is 1.73. The first-order chi connectivity index (χ1) is 9.54. The van der Waals surface area contributed by atoms with Crippen LogP contribution in [0.15, 0.2) is 0 Å². The van der Waals surface area contributed by atoms with Gasteiger partial charge in [-0.25, -0.2) is 0 Å². The van der Waals surface area contributed by atoms with E-state index in [2.05, 4.69) is 35.5 Å². The van der Waals surface area contributed by atoms with Gasteiger partial charge in [0, 0.05) is 19.1 Å². The fourth-order valence-electron chi connectivity index (χ4n) is 2.61. The number of hydrogen-bond donors (Lipinski definition) is 0. The first-order valence-electron chi connectivity index (χ1n) is 7.33. The number of ether oxygens (including phenoxy) is 1. The van der Waals surface area contributed by atoms with Crippen molar-refractivity contribution in [2.24, 2.45) is 0 Å². The van der Waals surface area contributed by atoms with Crippen LogP contribution < -0.4 is 0 Å². The lowest BCUT2D eigenvalue weighted by Gasteiger charge is -2.33. The molecule has 0 unspecified atom stereocenters. The minimum atomic E-state index is 0.130. The van der Waals surface area contributed by atoms with E-state index in [1.54, 1.807) is 0 Å². The maximum Gasteiger partial charge on any atom is 0.225 e. The third-order valence-electron chi connectivity index (χ3n) is 3.58. The molecule has 0 aromatic carbocycles. The van der Waals surface area contributed by atoms with Gasteiger partial charge in [0.2, 0.25) is 5.91 Å². The van der Waals surface area contributed by atoms with Crippen LogP contribution in [0.2, 0.25) is 0 Å². The Bertz CT molecular complexity index is 470. The molecular weight excluding hydrogens is 256 g/mol. The van der Waals surface area contributed by atoms with Crippen molar-refractivity contribution < 1.29 is 9.53 Å². The van der Waals surface area contributed by atoms with Gasteiger partial charge in [-0.05, 0) is 13.8 Å². The van der Waals surface area contributed by atoms with Crippen molar-refractivity contribution in [3.05, 3.63) is 11.6 Å². The van der Waals surface area contributed by atoms with Crippen molar-refractivity contribution in [2.75, 3.05) is 19.8 Å². The Balaban J connectivity index is 2.06. The molecule has 0 saturated heterocycles. The van der Waals surface area contributed by atoms with Crippen molar-refractivity contribution in [1.82, 2.24) is 19.7 Å². The Labute approximate surface area is 120 Å². The van der Waals surface area contributed by atoms with E-state index >= 15 is 0 Å². The molecule has 1 amide bonds. The van der Waals surface area contributed by atoms with Crippen molar-refractivity contribution in [3.63, 3.8) is 0 Å². The summed E-state index contributed by atoms with van der Waals surface area (Å²) in [7, 11) is 0. The SMILES string of the molecule is CCOCCC(=O)N1Cc2nnc(C(C)C)n2[C@@H](C)C1. The van der Waals surface area contributed by atoms with E-state index in [4.69, 9.17) is 4.74 Å². The van der Waals surface area contributed by atoms with E-state index in [1.165, 1.54) is 0 Å². The Morgan fingerprint density at radius 1 is 1.45 bits per heavy atom. The van der Waals surface area contributed by atoms with E-state index in [9.17, 15) is 4.79 Å². The van der Waals surface area contributed by atoms with E-state index < -0.39 is 0 Å². The predicted molar refractivity (Wildman–Crippen MR) is 75.3 cm³/mol. The number of carbonyl (C=O) groups excluding carboxylic acids is 1. The highest BCUT2D eigenvalue weighted by Gasteiger charge is 2.29. The van der Waals surface area contributed by atoms with Gasteiger partial charge in [-0.2, -0.15) is 0 Å². The van der Waals surface area contributed by atoms with Crippen LogP contribution in [0.1, 0.15) is 57.7 Å². The average molecular weight is 280 g/mol. The number of nitrogens with zero attached hydrogens (tertiary/aromatic N) is 4. The van der Waals surface area contributed by atoms with Crippen LogP contribution in [0.25, 0.3) is 0 Å². The second-order valence-corrected chi connectivity index (χ2v) is 5.57. The van der Waals surface area contributed by atoms with Crippen LogP contribution in [0.4, 0.5) is 0 Å². The molecule has 1 atom stereocenters. The highest BCUT2D eigenvalue weighted by atomic mass is 16.5. The Morgan fingerprint density at radius 3 is 2.85 bits per heavy atom.